The van der Waals surface area contributed by atoms with Crippen LogP contribution in [0.15, 0.2) is 24.3 Å². The van der Waals surface area contributed by atoms with Crippen molar-refractivity contribution in [3.05, 3.63) is 35.4 Å². The lowest BCUT2D eigenvalue weighted by Crippen LogP contribution is -2.45. The minimum absolute atomic E-state index is 0.309. The first kappa shape index (κ1) is 16.5. The third-order valence-electron chi connectivity index (χ3n) is 4.91. The second-order valence-corrected chi connectivity index (χ2v) is 7.84. The van der Waals surface area contributed by atoms with Crippen molar-refractivity contribution in [2.75, 3.05) is 20.6 Å². The van der Waals surface area contributed by atoms with E-state index in [9.17, 15) is 0 Å². The Hall–Kier alpha value is -0.860. The quantitative estimate of drug-likeness (QED) is 0.882. The molecule has 0 spiro atoms. The van der Waals surface area contributed by atoms with Crippen molar-refractivity contribution >= 4 is 0 Å². The number of fused-ring (bicyclic) bond motifs is 1. The van der Waals surface area contributed by atoms with Crippen molar-refractivity contribution in [1.29, 1.82) is 0 Å². The molecular formula is C19H32N2. The molecule has 2 nitrogen and oxygen atoms in total. The van der Waals surface area contributed by atoms with Gasteiger partial charge in [0.05, 0.1) is 0 Å². The highest BCUT2D eigenvalue weighted by Crippen LogP contribution is 2.41. The summed E-state index contributed by atoms with van der Waals surface area (Å²) in [5.41, 5.74) is 3.35. The van der Waals surface area contributed by atoms with Crippen LogP contribution in [0, 0.1) is 5.92 Å². The lowest BCUT2D eigenvalue weighted by atomic mass is 9.71. The highest BCUT2D eigenvalue weighted by Gasteiger charge is 2.33. The Kier molecular flexibility index (Phi) is 5.11. The first-order valence-electron chi connectivity index (χ1n) is 8.31. The van der Waals surface area contributed by atoms with Gasteiger partial charge in [-0.3, -0.25) is 0 Å². The van der Waals surface area contributed by atoms with E-state index in [1.54, 1.807) is 0 Å². The maximum absolute atomic E-state index is 3.94. The summed E-state index contributed by atoms with van der Waals surface area (Å²) in [4.78, 5) is 2.29. The Balaban J connectivity index is 2.21. The summed E-state index contributed by atoms with van der Waals surface area (Å²) < 4.78 is 0. The summed E-state index contributed by atoms with van der Waals surface area (Å²) >= 11 is 0. The van der Waals surface area contributed by atoms with E-state index in [2.05, 4.69) is 76.3 Å². The average molecular weight is 288 g/mol. The van der Waals surface area contributed by atoms with Gasteiger partial charge in [-0.15, -0.1) is 0 Å². The summed E-state index contributed by atoms with van der Waals surface area (Å²) in [6.07, 6.45) is 2.50. The number of hydrogen-bond acceptors (Lipinski definition) is 2. The van der Waals surface area contributed by atoms with Crippen molar-refractivity contribution in [1.82, 2.24) is 10.2 Å². The molecule has 0 saturated heterocycles. The van der Waals surface area contributed by atoms with Gasteiger partial charge in [-0.05, 0) is 49.4 Å². The van der Waals surface area contributed by atoms with Crippen molar-refractivity contribution in [3.8, 4) is 0 Å². The van der Waals surface area contributed by atoms with Gasteiger partial charge in [-0.25, -0.2) is 0 Å². The predicted molar refractivity (Wildman–Crippen MR) is 91.8 cm³/mol. The Bertz CT molecular complexity index is 462. The number of rotatable bonds is 5. The number of benzene rings is 1. The van der Waals surface area contributed by atoms with Gasteiger partial charge in [-0.1, -0.05) is 52.0 Å². The van der Waals surface area contributed by atoms with Crippen molar-refractivity contribution in [2.24, 2.45) is 5.92 Å². The molecule has 0 aromatic heterocycles. The van der Waals surface area contributed by atoms with Crippen LogP contribution in [0.25, 0.3) is 0 Å². The van der Waals surface area contributed by atoms with Crippen LogP contribution < -0.4 is 5.32 Å². The van der Waals surface area contributed by atoms with Gasteiger partial charge in [0.25, 0.3) is 0 Å². The molecule has 0 amide bonds. The molecular weight excluding hydrogens is 256 g/mol. The van der Waals surface area contributed by atoms with Crippen molar-refractivity contribution in [3.63, 3.8) is 0 Å². The Morgan fingerprint density at radius 2 is 1.90 bits per heavy atom. The standard InChI is InChI=1S/C19H32N2/c1-14(2)18(13-21(5)6)20-17-11-12-19(3,4)16-10-8-7-9-15(16)17/h7-10,14,17-18,20H,11-13H2,1-6H3. The lowest BCUT2D eigenvalue weighted by molar-refractivity contribution is 0.249. The molecule has 1 N–H and O–H groups in total. The normalized spacial score (nSPS) is 22.4. The Morgan fingerprint density at radius 1 is 1.24 bits per heavy atom. The monoisotopic (exact) mass is 288 g/mol. The van der Waals surface area contributed by atoms with Gasteiger partial charge in [0.15, 0.2) is 0 Å². The van der Waals surface area contributed by atoms with Gasteiger partial charge < -0.3 is 10.2 Å². The van der Waals surface area contributed by atoms with E-state index in [1.165, 1.54) is 24.0 Å². The fourth-order valence-corrected chi connectivity index (χ4v) is 3.49. The fraction of sp³-hybridized carbons (Fsp3) is 0.684. The maximum atomic E-state index is 3.94. The maximum Gasteiger partial charge on any atom is 0.0326 e. The molecule has 2 heteroatoms. The molecule has 0 heterocycles. The summed E-state index contributed by atoms with van der Waals surface area (Å²) in [6.45, 7) is 10.5. The zero-order valence-electron chi connectivity index (χ0n) is 14.6. The van der Waals surface area contributed by atoms with Crippen LogP contribution in [0.4, 0.5) is 0 Å². The molecule has 0 radical (unpaired) electrons. The van der Waals surface area contributed by atoms with E-state index in [-0.39, 0.29) is 0 Å². The fourth-order valence-electron chi connectivity index (χ4n) is 3.49. The van der Waals surface area contributed by atoms with E-state index in [0.717, 1.165) is 6.54 Å². The largest absolute Gasteiger partial charge is 0.308 e. The zero-order valence-corrected chi connectivity index (χ0v) is 14.6. The van der Waals surface area contributed by atoms with E-state index < -0.39 is 0 Å². The molecule has 1 aromatic rings. The molecule has 2 unspecified atom stereocenters. The smallest absolute Gasteiger partial charge is 0.0326 e. The van der Waals surface area contributed by atoms with Gasteiger partial charge in [-0.2, -0.15) is 0 Å². The van der Waals surface area contributed by atoms with E-state index in [0.29, 0.717) is 23.4 Å². The van der Waals surface area contributed by atoms with Crippen LogP contribution in [0.5, 0.6) is 0 Å². The summed E-state index contributed by atoms with van der Waals surface area (Å²) in [6, 6.07) is 10.1. The van der Waals surface area contributed by atoms with Gasteiger partial charge in [0, 0.05) is 18.6 Å². The van der Waals surface area contributed by atoms with E-state index in [4.69, 9.17) is 0 Å². The topological polar surface area (TPSA) is 15.3 Å². The molecule has 2 rings (SSSR count). The Labute approximate surface area is 130 Å². The molecule has 1 aliphatic rings. The van der Waals surface area contributed by atoms with E-state index in [1.807, 2.05) is 0 Å². The molecule has 21 heavy (non-hydrogen) atoms. The summed E-state index contributed by atoms with van der Waals surface area (Å²) in [7, 11) is 4.32. The highest BCUT2D eigenvalue weighted by atomic mass is 15.1. The molecule has 1 aliphatic carbocycles. The third kappa shape index (κ3) is 3.87. The van der Waals surface area contributed by atoms with Crippen LogP contribution in [0.3, 0.4) is 0 Å². The summed E-state index contributed by atoms with van der Waals surface area (Å²) in [5, 5.41) is 3.94. The SMILES string of the molecule is CC(C)C(CN(C)C)NC1CCC(C)(C)c2ccccc21. The number of nitrogens with zero attached hydrogens (tertiary/aromatic N) is 1. The Morgan fingerprint density at radius 3 is 2.52 bits per heavy atom. The lowest BCUT2D eigenvalue weighted by Gasteiger charge is -2.40. The first-order valence-corrected chi connectivity index (χ1v) is 8.31. The minimum atomic E-state index is 0.309. The molecule has 0 fully saturated rings. The second-order valence-electron chi connectivity index (χ2n) is 7.84. The second kappa shape index (κ2) is 6.50. The number of likely N-dealkylation sites (N-methyl/N-ethyl adjacent to an activating group) is 1. The van der Waals surface area contributed by atoms with Crippen molar-refractivity contribution < 1.29 is 0 Å². The van der Waals surface area contributed by atoms with Crippen LogP contribution >= 0.6 is 0 Å². The number of hydrogen-bond donors (Lipinski definition) is 1. The molecule has 2 atom stereocenters. The van der Waals surface area contributed by atoms with Gasteiger partial charge >= 0.3 is 0 Å². The highest BCUT2D eigenvalue weighted by molar-refractivity contribution is 5.38. The molecule has 118 valence electrons. The average Bonchev–Trinajstić information content (AvgIpc) is 2.40. The molecule has 0 aliphatic heterocycles. The summed E-state index contributed by atoms with van der Waals surface area (Å²) in [5.74, 6) is 0.648. The molecule has 0 bridgehead atoms. The van der Waals surface area contributed by atoms with Crippen LogP contribution in [0.1, 0.15) is 57.7 Å². The van der Waals surface area contributed by atoms with E-state index >= 15 is 0 Å². The van der Waals surface area contributed by atoms with Gasteiger partial charge in [0.2, 0.25) is 0 Å². The van der Waals surface area contributed by atoms with Crippen molar-refractivity contribution in [2.45, 2.75) is 58.0 Å². The number of nitrogens with one attached hydrogen (secondary N) is 1. The van der Waals surface area contributed by atoms with Crippen LogP contribution in [-0.2, 0) is 5.41 Å². The first-order chi connectivity index (χ1) is 9.81. The molecule has 0 saturated carbocycles. The zero-order chi connectivity index (χ0) is 15.6. The van der Waals surface area contributed by atoms with Crippen LogP contribution in [0.2, 0.25) is 0 Å². The minimum Gasteiger partial charge on any atom is -0.308 e. The molecule has 1 aromatic carbocycles. The van der Waals surface area contributed by atoms with Crippen LogP contribution in [-0.4, -0.2) is 31.6 Å². The third-order valence-corrected chi connectivity index (χ3v) is 4.91. The predicted octanol–water partition coefficient (Wildman–Crippen LogP) is 3.97. The van der Waals surface area contributed by atoms with Gasteiger partial charge in [0.1, 0.15) is 0 Å².